The Hall–Kier alpha value is -1.95. The molecule has 98 valence electrons. The van der Waals surface area contributed by atoms with Crippen LogP contribution < -0.4 is 5.73 Å². The van der Waals surface area contributed by atoms with Crippen molar-refractivity contribution in [1.29, 1.82) is 0 Å². The summed E-state index contributed by atoms with van der Waals surface area (Å²) in [7, 11) is 1.70. The van der Waals surface area contributed by atoms with Crippen molar-refractivity contribution < 1.29 is 4.79 Å². The van der Waals surface area contributed by atoms with Crippen molar-refractivity contribution in [1.82, 2.24) is 14.9 Å². The van der Waals surface area contributed by atoms with E-state index in [0.29, 0.717) is 6.54 Å². The molecule has 0 aliphatic rings. The minimum atomic E-state index is -0.249. The van der Waals surface area contributed by atoms with Gasteiger partial charge in [-0.1, -0.05) is 34.1 Å². The molecule has 0 radical (unpaired) electrons. The van der Waals surface area contributed by atoms with E-state index in [1.165, 1.54) is 12.4 Å². The zero-order chi connectivity index (χ0) is 13.8. The van der Waals surface area contributed by atoms with E-state index >= 15 is 0 Å². The quantitative estimate of drug-likeness (QED) is 0.940. The van der Waals surface area contributed by atoms with Crippen LogP contribution in [0.1, 0.15) is 16.1 Å². The minimum Gasteiger partial charge on any atom is -0.382 e. The van der Waals surface area contributed by atoms with Gasteiger partial charge in [-0.2, -0.15) is 0 Å². The van der Waals surface area contributed by atoms with Crippen LogP contribution in [-0.4, -0.2) is 27.8 Å². The van der Waals surface area contributed by atoms with E-state index in [9.17, 15) is 4.79 Å². The van der Waals surface area contributed by atoms with E-state index < -0.39 is 0 Å². The number of carbonyl (C=O) groups is 1. The smallest absolute Gasteiger partial charge is 0.276 e. The number of benzene rings is 1. The van der Waals surface area contributed by atoms with Gasteiger partial charge in [0, 0.05) is 30.5 Å². The van der Waals surface area contributed by atoms with Crippen molar-refractivity contribution in [2.45, 2.75) is 6.54 Å². The van der Waals surface area contributed by atoms with Crippen LogP contribution >= 0.6 is 15.9 Å². The summed E-state index contributed by atoms with van der Waals surface area (Å²) in [5.74, 6) is -0.104. The van der Waals surface area contributed by atoms with Crippen LogP contribution in [0.25, 0.3) is 0 Å². The molecule has 0 bridgehead atoms. The standard InChI is InChI=1S/C13H13BrN4O/c1-18(8-9-4-2-3-5-10(9)14)13(19)11-12(15)17-7-6-16-11/h2-7H,8H2,1H3,(H2,15,17). The molecule has 1 amide bonds. The second-order valence-corrected chi connectivity index (χ2v) is 4.90. The van der Waals surface area contributed by atoms with Gasteiger partial charge >= 0.3 is 0 Å². The molecule has 0 saturated heterocycles. The molecule has 6 heteroatoms. The summed E-state index contributed by atoms with van der Waals surface area (Å²) in [5, 5.41) is 0. The number of nitrogens with zero attached hydrogens (tertiary/aromatic N) is 3. The summed E-state index contributed by atoms with van der Waals surface area (Å²) < 4.78 is 0.960. The van der Waals surface area contributed by atoms with Crippen LogP contribution in [0.3, 0.4) is 0 Å². The average molecular weight is 321 g/mol. The third kappa shape index (κ3) is 3.08. The Balaban J connectivity index is 2.17. The summed E-state index contributed by atoms with van der Waals surface area (Å²) in [6.07, 6.45) is 2.91. The number of anilines is 1. The molecule has 1 aromatic carbocycles. The van der Waals surface area contributed by atoms with Crippen molar-refractivity contribution in [3.8, 4) is 0 Å². The molecule has 0 spiro atoms. The van der Waals surface area contributed by atoms with E-state index in [-0.39, 0.29) is 17.4 Å². The van der Waals surface area contributed by atoms with Gasteiger partial charge in [-0.25, -0.2) is 9.97 Å². The SMILES string of the molecule is CN(Cc1ccccc1Br)C(=O)c1nccnc1N. The number of aromatic nitrogens is 2. The summed E-state index contributed by atoms with van der Waals surface area (Å²) in [5.41, 5.74) is 6.84. The fourth-order valence-electron chi connectivity index (χ4n) is 1.65. The maximum Gasteiger partial charge on any atom is 0.276 e. The highest BCUT2D eigenvalue weighted by Crippen LogP contribution is 2.18. The first-order valence-electron chi connectivity index (χ1n) is 5.65. The maximum absolute atomic E-state index is 12.2. The predicted octanol–water partition coefficient (Wildman–Crippen LogP) is 2.09. The van der Waals surface area contributed by atoms with Crippen LogP contribution in [0, 0.1) is 0 Å². The Kier molecular flexibility index (Phi) is 4.11. The van der Waals surface area contributed by atoms with Gasteiger partial charge < -0.3 is 10.6 Å². The van der Waals surface area contributed by atoms with E-state index in [0.717, 1.165) is 10.0 Å². The van der Waals surface area contributed by atoms with E-state index in [1.54, 1.807) is 11.9 Å². The number of carbonyl (C=O) groups excluding carboxylic acids is 1. The van der Waals surface area contributed by atoms with Crippen LogP contribution in [0.5, 0.6) is 0 Å². The van der Waals surface area contributed by atoms with Gasteiger partial charge in [0.1, 0.15) is 0 Å². The molecule has 5 nitrogen and oxygen atoms in total. The molecule has 0 saturated carbocycles. The Bertz CT molecular complexity index is 603. The van der Waals surface area contributed by atoms with Crippen LogP contribution in [-0.2, 0) is 6.54 Å². The van der Waals surface area contributed by atoms with E-state index in [2.05, 4.69) is 25.9 Å². The lowest BCUT2D eigenvalue weighted by Gasteiger charge is -2.18. The summed E-state index contributed by atoms with van der Waals surface area (Å²) in [6, 6.07) is 7.74. The number of hydrogen-bond donors (Lipinski definition) is 1. The van der Waals surface area contributed by atoms with E-state index in [4.69, 9.17) is 5.73 Å². The number of nitrogens with two attached hydrogens (primary N) is 1. The Morgan fingerprint density at radius 1 is 1.32 bits per heavy atom. The first-order valence-corrected chi connectivity index (χ1v) is 6.44. The van der Waals surface area contributed by atoms with Gasteiger partial charge in [0.15, 0.2) is 11.5 Å². The highest BCUT2D eigenvalue weighted by atomic mass is 79.9. The summed E-state index contributed by atoms with van der Waals surface area (Å²) in [4.78, 5) is 21.6. The van der Waals surface area contributed by atoms with Crippen LogP contribution in [0.4, 0.5) is 5.82 Å². The molecule has 0 atom stereocenters. The van der Waals surface area contributed by atoms with Crippen LogP contribution in [0.15, 0.2) is 41.1 Å². The third-order valence-corrected chi connectivity index (χ3v) is 3.41. The fourth-order valence-corrected chi connectivity index (χ4v) is 2.06. The normalized spacial score (nSPS) is 10.2. The number of rotatable bonds is 3. The van der Waals surface area contributed by atoms with Gasteiger partial charge in [-0.3, -0.25) is 4.79 Å². The lowest BCUT2D eigenvalue weighted by Crippen LogP contribution is -2.28. The maximum atomic E-state index is 12.2. The van der Waals surface area contributed by atoms with E-state index in [1.807, 2.05) is 24.3 Å². The zero-order valence-corrected chi connectivity index (χ0v) is 12.0. The lowest BCUT2D eigenvalue weighted by molar-refractivity contribution is 0.0780. The molecular weight excluding hydrogens is 308 g/mol. The first kappa shape index (κ1) is 13.5. The lowest BCUT2D eigenvalue weighted by atomic mass is 10.2. The van der Waals surface area contributed by atoms with Crippen molar-refractivity contribution in [2.75, 3.05) is 12.8 Å². The van der Waals surface area contributed by atoms with Gasteiger partial charge in [0.2, 0.25) is 0 Å². The number of amides is 1. The molecule has 0 aliphatic carbocycles. The third-order valence-electron chi connectivity index (χ3n) is 2.64. The van der Waals surface area contributed by atoms with Crippen molar-refractivity contribution in [3.63, 3.8) is 0 Å². The van der Waals surface area contributed by atoms with Crippen molar-refractivity contribution in [3.05, 3.63) is 52.4 Å². The molecule has 0 unspecified atom stereocenters. The Morgan fingerprint density at radius 2 is 2.00 bits per heavy atom. The van der Waals surface area contributed by atoms with Gasteiger partial charge in [-0.05, 0) is 11.6 Å². The van der Waals surface area contributed by atoms with Gasteiger partial charge in [0.25, 0.3) is 5.91 Å². The Labute approximate surface area is 119 Å². The number of nitrogen functional groups attached to an aromatic ring is 1. The van der Waals surface area contributed by atoms with Gasteiger partial charge in [0.05, 0.1) is 0 Å². The molecular formula is C13H13BrN4O. The number of halogens is 1. The number of hydrogen-bond acceptors (Lipinski definition) is 4. The summed E-state index contributed by atoms with van der Waals surface area (Å²) in [6.45, 7) is 0.469. The molecule has 0 aliphatic heterocycles. The topological polar surface area (TPSA) is 72.1 Å². The predicted molar refractivity (Wildman–Crippen MR) is 76.4 cm³/mol. The second kappa shape index (κ2) is 5.79. The zero-order valence-electron chi connectivity index (χ0n) is 10.4. The molecule has 1 heterocycles. The van der Waals surface area contributed by atoms with Crippen molar-refractivity contribution in [2.24, 2.45) is 0 Å². The monoisotopic (exact) mass is 320 g/mol. The van der Waals surface area contributed by atoms with Crippen LogP contribution in [0.2, 0.25) is 0 Å². The second-order valence-electron chi connectivity index (χ2n) is 4.04. The average Bonchev–Trinajstić information content (AvgIpc) is 2.41. The molecule has 2 aromatic rings. The molecule has 19 heavy (non-hydrogen) atoms. The van der Waals surface area contributed by atoms with Crippen molar-refractivity contribution >= 4 is 27.7 Å². The largest absolute Gasteiger partial charge is 0.382 e. The summed E-state index contributed by atoms with van der Waals surface area (Å²) >= 11 is 3.45. The molecule has 1 aromatic heterocycles. The highest BCUT2D eigenvalue weighted by Gasteiger charge is 2.17. The van der Waals surface area contributed by atoms with Gasteiger partial charge in [-0.15, -0.1) is 0 Å². The Morgan fingerprint density at radius 3 is 2.68 bits per heavy atom. The molecule has 0 fully saturated rings. The highest BCUT2D eigenvalue weighted by molar-refractivity contribution is 9.10. The minimum absolute atomic E-state index is 0.145. The molecule has 2 rings (SSSR count). The fraction of sp³-hybridized carbons (Fsp3) is 0.154. The first-order chi connectivity index (χ1) is 9.09. The molecule has 2 N–H and O–H groups in total.